The molecule has 4 nitrogen and oxygen atoms in total. The fraction of sp³-hybridized carbons (Fsp3) is 0.167. The fourth-order valence-corrected chi connectivity index (χ4v) is 3.06. The highest BCUT2D eigenvalue weighted by Crippen LogP contribution is 2.37. The van der Waals surface area contributed by atoms with Gasteiger partial charge in [0.2, 0.25) is 0 Å². The van der Waals surface area contributed by atoms with Crippen molar-refractivity contribution in [3.05, 3.63) is 69.9 Å². The van der Waals surface area contributed by atoms with E-state index in [0.717, 1.165) is 16.3 Å². The maximum Gasteiger partial charge on any atom is 0.182 e. The number of rotatable bonds is 7. The molecule has 0 atom stereocenters. The summed E-state index contributed by atoms with van der Waals surface area (Å²) in [6.45, 7) is 0.842. The summed E-state index contributed by atoms with van der Waals surface area (Å²) in [5.74, 6) is 0.730. The normalized spacial score (nSPS) is 10.5. The van der Waals surface area contributed by atoms with Crippen LogP contribution in [0, 0.1) is 5.82 Å². The quantitative estimate of drug-likeness (QED) is 0.618. The van der Waals surface area contributed by atoms with E-state index in [9.17, 15) is 4.39 Å². The van der Waals surface area contributed by atoms with E-state index in [1.165, 1.54) is 23.5 Å². The summed E-state index contributed by atoms with van der Waals surface area (Å²) in [6, 6.07) is 9.82. The number of ether oxygens (including phenoxy) is 2. The lowest BCUT2D eigenvalue weighted by Gasteiger charge is -2.14. The Bertz CT molecular complexity index is 826. The molecule has 0 fully saturated rings. The Balaban J connectivity index is 1.71. The number of anilines is 1. The molecule has 130 valence electrons. The van der Waals surface area contributed by atoms with Crippen molar-refractivity contribution < 1.29 is 13.9 Å². The largest absolute Gasteiger partial charge is 0.493 e. The van der Waals surface area contributed by atoms with Crippen molar-refractivity contribution in [1.29, 1.82) is 0 Å². The molecule has 3 aromatic rings. The van der Waals surface area contributed by atoms with Gasteiger partial charge in [-0.25, -0.2) is 9.37 Å². The molecule has 0 aliphatic rings. The molecule has 25 heavy (non-hydrogen) atoms. The van der Waals surface area contributed by atoms with E-state index in [0.29, 0.717) is 23.1 Å². The van der Waals surface area contributed by atoms with E-state index in [2.05, 4.69) is 10.3 Å². The van der Waals surface area contributed by atoms with Gasteiger partial charge in [0.1, 0.15) is 12.4 Å². The average molecular weight is 379 g/mol. The minimum absolute atomic E-state index is 0.271. The predicted octanol–water partition coefficient (Wildman–Crippen LogP) is 5.14. The number of benzene rings is 2. The average Bonchev–Trinajstić information content (AvgIpc) is 3.13. The lowest BCUT2D eigenvalue weighted by Crippen LogP contribution is -2.02. The first-order valence-electron chi connectivity index (χ1n) is 7.52. The summed E-state index contributed by atoms with van der Waals surface area (Å²) in [5, 5.41) is 6.42. The molecule has 1 aromatic heterocycles. The van der Waals surface area contributed by atoms with E-state index < -0.39 is 0 Å². The van der Waals surface area contributed by atoms with Crippen LogP contribution in [-0.2, 0) is 13.2 Å². The minimum atomic E-state index is -0.281. The van der Waals surface area contributed by atoms with E-state index in [4.69, 9.17) is 21.1 Å². The van der Waals surface area contributed by atoms with Gasteiger partial charge in [-0.15, -0.1) is 11.3 Å². The molecule has 0 unspecified atom stereocenters. The van der Waals surface area contributed by atoms with E-state index in [1.54, 1.807) is 25.4 Å². The molecule has 7 heteroatoms. The third kappa shape index (κ3) is 4.61. The number of hydrogen-bond donors (Lipinski definition) is 1. The van der Waals surface area contributed by atoms with Gasteiger partial charge in [0.15, 0.2) is 16.6 Å². The van der Waals surface area contributed by atoms with Crippen molar-refractivity contribution in [3.8, 4) is 11.5 Å². The van der Waals surface area contributed by atoms with Crippen LogP contribution in [0.4, 0.5) is 9.52 Å². The Morgan fingerprint density at radius 3 is 2.68 bits per heavy atom. The van der Waals surface area contributed by atoms with Gasteiger partial charge in [0.25, 0.3) is 0 Å². The zero-order valence-corrected chi connectivity index (χ0v) is 15.0. The van der Waals surface area contributed by atoms with Crippen LogP contribution in [0.2, 0.25) is 5.02 Å². The number of nitrogens with one attached hydrogen (secondary N) is 1. The van der Waals surface area contributed by atoms with E-state index >= 15 is 0 Å². The molecule has 0 saturated carbocycles. The molecule has 1 N–H and O–H groups in total. The first-order valence-corrected chi connectivity index (χ1v) is 8.78. The van der Waals surface area contributed by atoms with Crippen LogP contribution in [0.1, 0.15) is 11.1 Å². The fourth-order valence-electron chi connectivity index (χ4n) is 2.24. The van der Waals surface area contributed by atoms with Crippen molar-refractivity contribution >= 4 is 28.1 Å². The lowest BCUT2D eigenvalue weighted by atomic mass is 10.2. The van der Waals surface area contributed by atoms with Crippen molar-refractivity contribution in [1.82, 2.24) is 4.98 Å². The van der Waals surface area contributed by atoms with E-state index in [1.807, 2.05) is 17.5 Å². The van der Waals surface area contributed by atoms with Crippen LogP contribution >= 0.6 is 22.9 Å². The Kier molecular flexibility index (Phi) is 5.73. The first kappa shape index (κ1) is 17.5. The van der Waals surface area contributed by atoms with Gasteiger partial charge in [0.05, 0.1) is 12.1 Å². The van der Waals surface area contributed by atoms with Crippen molar-refractivity contribution in [2.45, 2.75) is 13.2 Å². The predicted molar refractivity (Wildman–Crippen MR) is 98.2 cm³/mol. The second kappa shape index (κ2) is 8.18. The van der Waals surface area contributed by atoms with Gasteiger partial charge in [-0.05, 0) is 35.4 Å². The van der Waals surface area contributed by atoms with Gasteiger partial charge in [-0.1, -0.05) is 23.7 Å². The van der Waals surface area contributed by atoms with Crippen LogP contribution in [0.15, 0.2) is 48.0 Å². The van der Waals surface area contributed by atoms with Crippen LogP contribution in [0.5, 0.6) is 11.5 Å². The molecule has 0 saturated heterocycles. The summed E-state index contributed by atoms with van der Waals surface area (Å²) in [5.41, 5.74) is 1.79. The standard InChI is InChI=1S/C18H16ClFN2O2S/c1-23-16-9-13(10-22-18-21-6-7-25-18)8-15(19)17(16)24-11-12-2-4-14(20)5-3-12/h2-9H,10-11H2,1H3,(H,21,22). The second-order valence-electron chi connectivity index (χ2n) is 5.21. The number of halogens is 2. The van der Waals surface area contributed by atoms with Gasteiger partial charge in [0, 0.05) is 18.1 Å². The molecule has 0 bridgehead atoms. The van der Waals surface area contributed by atoms with E-state index in [-0.39, 0.29) is 12.4 Å². The molecule has 0 aliphatic heterocycles. The van der Waals surface area contributed by atoms with Gasteiger partial charge in [-0.3, -0.25) is 0 Å². The number of hydrogen-bond acceptors (Lipinski definition) is 5. The van der Waals surface area contributed by atoms with Crippen LogP contribution in [0.25, 0.3) is 0 Å². The molecule has 0 radical (unpaired) electrons. The Morgan fingerprint density at radius 2 is 2.00 bits per heavy atom. The second-order valence-corrected chi connectivity index (χ2v) is 6.52. The van der Waals surface area contributed by atoms with Crippen molar-refractivity contribution in [2.24, 2.45) is 0 Å². The number of methoxy groups -OCH3 is 1. The lowest BCUT2D eigenvalue weighted by molar-refractivity contribution is 0.284. The zero-order valence-electron chi connectivity index (χ0n) is 13.5. The van der Waals surface area contributed by atoms with Crippen LogP contribution < -0.4 is 14.8 Å². The molecule has 3 rings (SSSR count). The summed E-state index contributed by atoms with van der Waals surface area (Å²) >= 11 is 7.89. The summed E-state index contributed by atoms with van der Waals surface area (Å²) in [7, 11) is 1.56. The van der Waals surface area contributed by atoms with Crippen molar-refractivity contribution in [3.63, 3.8) is 0 Å². The highest BCUT2D eigenvalue weighted by Gasteiger charge is 2.13. The maximum atomic E-state index is 13.0. The Morgan fingerprint density at radius 1 is 1.20 bits per heavy atom. The molecule has 0 aliphatic carbocycles. The maximum absolute atomic E-state index is 13.0. The molecule has 0 amide bonds. The third-order valence-electron chi connectivity index (χ3n) is 3.46. The van der Waals surface area contributed by atoms with Crippen molar-refractivity contribution in [2.75, 3.05) is 12.4 Å². The number of nitrogens with zero attached hydrogens (tertiary/aromatic N) is 1. The van der Waals surface area contributed by atoms with Crippen LogP contribution in [-0.4, -0.2) is 12.1 Å². The summed E-state index contributed by atoms with van der Waals surface area (Å²) in [4.78, 5) is 4.17. The summed E-state index contributed by atoms with van der Waals surface area (Å²) in [6.07, 6.45) is 1.74. The molecule has 1 heterocycles. The smallest absolute Gasteiger partial charge is 0.182 e. The first-order chi connectivity index (χ1) is 12.2. The Hall–Kier alpha value is -2.31. The van der Waals surface area contributed by atoms with Gasteiger partial charge >= 0.3 is 0 Å². The SMILES string of the molecule is COc1cc(CNc2nccs2)cc(Cl)c1OCc1ccc(F)cc1. The highest BCUT2D eigenvalue weighted by atomic mass is 35.5. The minimum Gasteiger partial charge on any atom is -0.493 e. The topological polar surface area (TPSA) is 43.4 Å². The van der Waals surface area contributed by atoms with Gasteiger partial charge in [-0.2, -0.15) is 0 Å². The molecular formula is C18H16ClFN2O2S. The number of thiazole rings is 1. The van der Waals surface area contributed by atoms with Gasteiger partial charge < -0.3 is 14.8 Å². The molecule has 0 spiro atoms. The molecule has 2 aromatic carbocycles. The zero-order chi connectivity index (χ0) is 17.6. The Labute approximate surface area is 154 Å². The highest BCUT2D eigenvalue weighted by molar-refractivity contribution is 7.13. The summed E-state index contributed by atoms with van der Waals surface area (Å²) < 4.78 is 24.1. The van der Waals surface area contributed by atoms with Crippen LogP contribution in [0.3, 0.4) is 0 Å². The number of aromatic nitrogens is 1. The third-order valence-corrected chi connectivity index (χ3v) is 4.47. The monoisotopic (exact) mass is 378 g/mol. The molecular weight excluding hydrogens is 363 g/mol.